The Hall–Kier alpha value is -4.78. The Morgan fingerprint density at radius 3 is 2.23 bits per heavy atom. The fourth-order valence-electron chi connectivity index (χ4n) is 10.7. The Morgan fingerprint density at radius 1 is 0.811 bits per heavy atom. The van der Waals surface area contributed by atoms with Crippen molar-refractivity contribution in [2.24, 2.45) is 11.8 Å². The molecule has 0 aromatic heterocycles. The molecule has 0 bridgehead atoms. The van der Waals surface area contributed by atoms with Crippen molar-refractivity contribution in [1.82, 2.24) is 0 Å². The lowest BCUT2D eigenvalue weighted by Gasteiger charge is -2.39. The van der Waals surface area contributed by atoms with Gasteiger partial charge in [-0.15, -0.1) is 0 Å². The molecule has 5 aromatic carbocycles. The van der Waals surface area contributed by atoms with E-state index in [0.29, 0.717) is 0 Å². The topological polar surface area (TPSA) is 60.4 Å². The van der Waals surface area contributed by atoms with Crippen LogP contribution in [-0.2, 0) is 15.8 Å². The van der Waals surface area contributed by atoms with E-state index in [0.717, 1.165) is 71.9 Å². The van der Waals surface area contributed by atoms with Crippen LogP contribution >= 0.6 is 0 Å². The Balaban J connectivity index is 1.19. The second kappa shape index (κ2) is 13.0. The molecule has 5 aliphatic rings. The molecule has 3 aliphatic carbocycles. The molecule has 1 saturated heterocycles. The molecule has 2 saturated carbocycles. The van der Waals surface area contributed by atoms with Gasteiger partial charge in [-0.25, -0.2) is 0 Å². The average Bonchev–Trinajstić information content (AvgIpc) is 3.75. The highest BCUT2D eigenvalue weighted by Crippen LogP contribution is 2.66. The molecule has 3 fully saturated rings. The summed E-state index contributed by atoms with van der Waals surface area (Å²) in [6.45, 7) is 3.47. The first-order valence-corrected chi connectivity index (χ1v) is 19.6. The molecule has 5 aromatic rings. The Labute approximate surface area is 312 Å². The van der Waals surface area contributed by atoms with E-state index in [1.54, 1.807) is 7.11 Å². The van der Waals surface area contributed by atoms with Crippen LogP contribution in [0.3, 0.4) is 0 Å². The summed E-state index contributed by atoms with van der Waals surface area (Å²) >= 11 is 0. The predicted octanol–water partition coefficient (Wildman–Crippen LogP) is 9.27. The van der Waals surface area contributed by atoms with Gasteiger partial charge < -0.3 is 29.0 Å². The van der Waals surface area contributed by atoms with Gasteiger partial charge in [-0.2, -0.15) is 0 Å². The Kier molecular flexibility index (Phi) is 8.03. The van der Waals surface area contributed by atoms with E-state index in [1.807, 2.05) is 12.1 Å². The van der Waals surface area contributed by atoms with Crippen LogP contribution in [0.2, 0.25) is 0 Å². The summed E-state index contributed by atoms with van der Waals surface area (Å²) in [4.78, 5) is 2.39. The third-order valence-corrected chi connectivity index (χ3v) is 13.0. The van der Waals surface area contributed by atoms with Gasteiger partial charge in [-0.05, 0) is 101 Å². The van der Waals surface area contributed by atoms with Crippen LogP contribution in [-0.4, -0.2) is 51.7 Å². The first-order chi connectivity index (χ1) is 26.1. The maximum atomic E-state index is 9.40. The molecule has 3 unspecified atom stereocenters. The number of hydrogen-bond donors (Lipinski definition) is 1. The smallest absolute Gasteiger partial charge is 0.178 e. The highest BCUT2D eigenvalue weighted by atomic mass is 16.5. The monoisotopic (exact) mass is 705 g/mol. The van der Waals surface area contributed by atoms with E-state index in [9.17, 15) is 5.11 Å². The van der Waals surface area contributed by atoms with Crippen molar-refractivity contribution in [3.63, 3.8) is 0 Å². The van der Waals surface area contributed by atoms with Gasteiger partial charge in [0, 0.05) is 46.3 Å². The van der Waals surface area contributed by atoms with Crippen LogP contribution in [0.15, 0.2) is 97.1 Å². The zero-order valence-electron chi connectivity index (χ0n) is 30.5. The second-order valence-corrected chi connectivity index (χ2v) is 15.7. The minimum Gasteiger partial charge on any atom is -0.497 e. The molecular weight excluding hydrogens is 659 g/mol. The first-order valence-electron chi connectivity index (χ1n) is 19.6. The molecule has 10 rings (SSSR count). The molecule has 3 atom stereocenters. The zero-order valence-corrected chi connectivity index (χ0v) is 30.5. The molecule has 53 heavy (non-hydrogen) atoms. The van der Waals surface area contributed by atoms with Crippen molar-refractivity contribution < 1.29 is 24.1 Å². The lowest BCUT2D eigenvalue weighted by Crippen LogP contribution is -2.37. The van der Waals surface area contributed by atoms with Crippen molar-refractivity contribution in [1.29, 1.82) is 0 Å². The number of morpholine rings is 1. The average molecular weight is 706 g/mol. The van der Waals surface area contributed by atoms with E-state index < -0.39 is 5.60 Å². The van der Waals surface area contributed by atoms with Gasteiger partial charge in [0.2, 0.25) is 0 Å². The number of anilines is 1. The summed E-state index contributed by atoms with van der Waals surface area (Å²) in [5.74, 6) is 3.97. The Morgan fingerprint density at radius 2 is 1.51 bits per heavy atom. The quantitative estimate of drug-likeness (QED) is 0.182. The summed E-state index contributed by atoms with van der Waals surface area (Å²) in [6, 6.07) is 32.9. The molecule has 2 heterocycles. The molecule has 1 N–H and O–H groups in total. The summed E-state index contributed by atoms with van der Waals surface area (Å²) in [5.41, 5.74) is 9.23. The standard InChI is InChI=1S/C47H47NO5/c1-50-37-18-19-38-41(28-37)45-40(44-43(38)39-8-4-5-9-42(39)46(44)29-31-6-2-3-7-32(31)30-46)20-21-47(53-45,34-12-16-36(17-13-34)52-27-24-49)33-10-14-35(15-11-33)48-22-25-51-26-23-48/h4-5,8-21,28,31-32,49H,2-3,6-7,22-27,29-30H2,1H3. The Bertz CT molecular complexity index is 2190. The van der Waals surface area contributed by atoms with Gasteiger partial charge in [0.1, 0.15) is 23.9 Å². The van der Waals surface area contributed by atoms with E-state index >= 15 is 0 Å². The highest BCUT2D eigenvalue weighted by molar-refractivity contribution is 6.09. The number of rotatable bonds is 7. The van der Waals surface area contributed by atoms with Crippen molar-refractivity contribution >= 4 is 22.5 Å². The normalized spacial score (nSPS) is 25.4. The number of hydrogen-bond acceptors (Lipinski definition) is 6. The number of methoxy groups -OCH3 is 1. The third kappa shape index (κ3) is 5.13. The van der Waals surface area contributed by atoms with Crippen LogP contribution in [0, 0.1) is 11.8 Å². The third-order valence-electron chi connectivity index (χ3n) is 13.0. The van der Waals surface area contributed by atoms with Crippen LogP contribution in [0.1, 0.15) is 66.3 Å². The summed E-state index contributed by atoms with van der Waals surface area (Å²) < 4.78 is 25.0. The van der Waals surface area contributed by atoms with E-state index in [-0.39, 0.29) is 18.6 Å². The van der Waals surface area contributed by atoms with Crippen LogP contribution < -0.4 is 19.1 Å². The molecule has 0 amide bonds. The highest BCUT2D eigenvalue weighted by Gasteiger charge is 2.54. The number of nitrogens with zero attached hydrogens (tertiary/aromatic N) is 1. The van der Waals surface area contributed by atoms with Crippen molar-refractivity contribution in [3.8, 4) is 28.4 Å². The van der Waals surface area contributed by atoms with E-state index in [4.69, 9.17) is 18.9 Å². The fourth-order valence-corrected chi connectivity index (χ4v) is 10.7. The number of ether oxygens (including phenoxy) is 4. The minimum atomic E-state index is -0.904. The SMILES string of the molecule is COc1ccc2c3c(c4c(c2c1)OC(c1ccc(OCCO)cc1)(c1ccc(N2CCOCC2)cc1)C=C4)C1(CC2CCCCC2C1)c1ccccc1-3. The lowest BCUT2D eigenvalue weighted by molar-refractivity contribution is 0.122. The number of fused-ring (bicyclic) bond motifs is 11. The van der Waals surface area contributed by atoms with Gasteiger partial charge in [0.25, 0.3) is 0 Å². The first kappa shape index (κ1) is 32.8. The molecule has 270 valence electrons. The van der Waals surface area contributed by atoms with Gasteiger partial charge in [-0.1, -0.05) is 80.3 Å². The minimum absolute atomic E-state index is 0.0302. The van der Waals surface area contributed by atoms with Crippen LogP contribution in [0.4, 0.5) is 5.69 Å². The number of aliphatic hydroxyl groups excluding tert-OH is 1. The zero-order chi connectivity index (χ0) is 35.6. The van der Waals surface area contributed by atoms with Crippen molar-refractivity contribution in [2.75, 3.05) is 51.5 Å². The molecule has 6 heteroatoms. The predicted molar refractivity (Wildman–Crippen MR) is 210 cm³/mol. The van der Waals surface area contributed by atoms with Gasteiger partial charge in [0.05, 0.1) is 26.9 Å². The van der Waals surface area contributed by atoms with Gasteiger partial charge in [-0.3, -0.25) is 0 Å². The summed E-state index contributed by atoms with van der Waals surface area (Å²) in [5, 5.41) is 11.7. The molecular formula is C47H47NO5. The number of aliphatic hydroxyl groups is 1. The summed E-state index contributed by atoms with van der Waals surface area (Å²) in [7, 11) is 1.74. The second-order valence-electron chi connectivity index (χ2n) is 15.7. The van der Waals surface area contributed by atoms with Gasteiger partial charge in [0.15, 0.2) is 5.60 Å². The summed E-state index contributed by atoms with van der Waals surface area (Å²) in [6.07, 6.45) is 12.5. The largest absolute Gasteiger partial charge is 0.497 e. The lowest BCUT2D eigenvalue weighted by atomic mass is 9.72. The number of benzene rings is 5. The molecule has 1 spiro atoms. The molecule has 0 radical (unpaired) electrons. The van der Waals surface area contributed by atoms with Crippen LogP contribution in [0.25, 0.3) is 28.0 Å². The fraction of sp³-hybridized carbons (Fsp3) is 0.362. The van der Waals surface area contributed by atoms with Crippen LogP contribution in [0.5, 0.6) is 17.2 Å². The molecule has 2 aliphatic heterocycles. The van der Waals surface area contributed by atoms with Gasteiger partial charge >= 0.3 is 0 Å². The van der Waals surface area contributed by atoms with E-state index in [1.165, 1.54) is 77.4 Å². The maximum absolute atomic E-state index is 9.40. The van der Waals surface area contributed by atoms with Crippen molar-refractivity contribution in [2.45, 2.75) is 49.5 Å². The molecule has 6 nitrogen and oxygen atoms in total. The maximum Gasteiger partial charge on any atom is 0.178 e. The van der Waals surface area contributed by atoms with Crippen molar-refractivity contribution in [3.05, 3.63) is 125 Å². The van der Waals surface area contributed by atoms with E-state index in [2.05, 4.69) is 95.9 Å².